The molecule has 0 radical (unpaired) electrons. The zero-order chi connectivity index (χ0) is 15.5. The third kappa shape index (κ3) is 2.70. The summed E-state index contributed by atoms with van der Waals surface area (Å²) >= 11 is 0. The lowest BCUT2D eigenvalue weighted by molar-refractivity contribution is -0.119. The minimum atomic E-state index is 0.0196. The fourth-order valence-corrected chi connectivity index (χ4v) is 2.55. The average molecular weight is 294 g/mol. The average Bonchev–Trinajstić information content (AvgIpc) is 2.91. The lowest BCUT2D eigenvalue weighted by Crippen LogP contribution is -2.39. The maximum Gasteiger partial charge on any atom is 0.247 e. The second-order valence-electron chi connectivity index (χ2n) is 5.41. The first kappa shape index (κ1) is 14.3. The maximum atomic E-state index is 12.7. The molecule has 0 unspecified atom stereocenters. The third-order valence-electron chi connectivity index (χ3n) is 3.50. The van der Waals surface area contributed by atoms with Gasteiger partial charge < -0.3 is 9.47 Å². The number of amides is 1. The van der Waals surface area contributed by atoms with E-state index in [0.29, 0.717) is 0 Å². The van der Waals surface area contributed by atoms with E-state index in [1.165, 1.54) is 0 Å². The Bertz CT molecular complexity index is 779. The zero-order valence-corrected chi connectivity index (χ0v) is 12.7. The Balaban J connectivity index is 1.89. The number of aromatic nitrogens is 3. The number of imidazole rings is 1. The van der Waals surface area contributed by atoms with E-state index in [4.69, 9.17) is 0 Å². The first-order valence-corrected chi connectivity index (χ1v) is 7.30. The van der Waals surface area contributed by atoms with Crippen LogP contribution >= 0.6 is 0 Å². The van der Waals surface area contributed by atoms with Gasteiger partial charge in [0.15, 0.2) is 5.65 Å². The van der Waals surface area contributed by atoms with Crippen LogP contribution in [-0.2, 0) is 11.3 Å². The van der Waals surface area contributed by atoms with Gasteiger partial charge in [-0.05, 0) is 38.1 Å². The standard InChI is InChI=1S/C17H18N4O/c1-13(2)21(14-7-4-3-5-8-14)16(22)11-20-12-19-15-9-6-10-18-17(15)20/h3-10,12-13H,11H2,1-2H3. The van der Waals surface area contributed by atoms with Crippen LogP contribution in [0.3, 0.4) is 0 Å². The molecule has 3 aromatic rings. The van der Waals surface area contributed by atoms with Crippen molar-refractivity contribution >= 4 is 22.8 Å². The predicted octanol–water partition coefficient (Wildman–Crippen LogP) is 2.87. The van der Waals surface area contributed by atoms with Crippen molar-refractivity contribution in [2.24, 2.45) is 0 Å². The second kappa shape index (κ2) is 5.97. The van der Waals surface area contributed by atoms with Crippen LogP contribution in [0.15, 0.2) is 55.0 Å². The summed E-state index contributed by atoms with van der Waals surface area (Å²) in [6.45, 7) is 4.24. The van der Waals surface area contributed by atoms with Crippen molar-refractivity contribution in [3.8, 4) is 0 Å². The van der Waals surface area contributed by atoms with Gasteiger partial charge in [-0.15, -0.1) is 0 Å². The number of carbonyl (C=O) groups is 1. The van der Waals surface area contributed by atoms with Crippen LogP contribution in [0.2, 0.25) is 0 Å². The minimum Gasteiger partial charge on any atom is -0.308 e. The van der Waals surface area contributed by atoms with Gasteiger partial charge >= 0.3 is 0 Å². The van der Waals surface area contributed by atoms with Gasteiger partial charge in [-0.25, -0.2) is 9.97 Å². The minimum absolute atomic E-state index is 0.0196. The zero-order valence-electron chi connectivity index (χ0n) is 12.7. The van der Waals surface area contributed by atoms with Gasteiger partial charge in [-0.3, -0.25) is 4.79 Å². The molecule has 0 saturated heterocycles. The first-order chi connectivity index (χ1) is 10.7. The predicted molar refractivity (Wildman–Crippen MR) is 86.6 cm³/mol. The summed E-state index contributed by atoms with van der Waals surface area (Å²) in [7, 11) is 0. The molecule has 1 amide bonds. The fourth-order valence-electron chi connectivity index (χ4n) is 2.55. The summed E-state index contributed by atoms with van der Waals surface area (Å²) in [6.07, 6.45) is 3.38. The first-order valence-electron chi connectivity index (χ1n) is 7.30. The number of fused-ring (bicyclic) bond motifs is 1. The molecule has 0 N–H and O–H groups in total. The quantitative estimate of drug-likeness (QED) is 0.743. The number of pyridine rings is 1. The molecule has 0 fully saturated rings. The molecule has 0 saturated carbocycles. The molecule has 5 heteroatoms. The van der Waals surface area contributed by atoms with Crippen molar-refractivity contribution in [3.63, 3.8) is 0 Å². The van der Waals surface area contributed by atoms with Gasteiger partial charge in [-0.1, -0.05) is 18.2 Å². The Labute approximate surface area is 129 Å². The molecule has 1 aromatic carbocycles. The van der Waals surface area contributed by atoms with Crippen molar-refractivity contribution in [1.29, 1.82) is 0 Å². The largest absolute Gasteiger partial charge is 0.308 e. The molecular formula is C17H18N4O. The highest BCUT2D eigenvalue weighted by Crippen LogP contribution is 2.18. The number of para-hydroxylation sites is 1. The van der Waals surface area contributed by atoms with Crippen LogP contribution in [-0.4, -0.2) is 26.5 Å². The monoisotopic (exact) mass is 294 g/mol. The molecule has 0 aliphatic rings. The molecule has 3 rings (SSSR count). The van der Waals surface area contributed by atoms with Crippen molar-refractivity contribution in [1.82, 2.24) is 14.5 Å². The highest BCUT2D eigenvalue weighted by atomic mass is 16.2. The topological polar surface area (TPSA) is 51.0 Å². The molecule has 0 bridgehead atoms. The Morgan fingerprint density at radius 2 is 1.91 bits per heavy atom. The summed E-state index contributed by atoms with van der Waals surface area (Å²) in [5, 5.41) is 0. The Hall–Kier alpha value is -2.69. The van der Waals surface area contributed by atoms with Crippen LogP contribution in [0, 0.1) is 0 Å². The number of hydrogen-bond donors (Lipinski definition) is 0. The van der Waals surface area contributed by atoms with Gasteiger partial charge in [0, 0.05) is 17.9 Å². The molecular weight excluding hydrogens is 276 g/mol. The van der Waals surface area contributed by atoms with Crippen molar-refractivity contribution < 1.29 is 4.79 Å². The molecule has 2 heterocycles. The number of rotatable bonds is 4. The lowest BCUT2D eigenvalue weighted by Gasteiger charge is -2.27. The van der Waals surface area contributed by atoms with Gasteiger partial charge in [0.25, 0.3) is 0 Å². The number of benzene rings is 1. The maximum absolute atomic E-state index is 12.7. The Kier molecular flexibility index (Phi) is 3.87. The number of nitrogens with zero attached hydrogens (tertiary/aromatic N) is 4. The highest BCUT2D eigenvalue weighted by molar-refractivity contribution is 5.94. The second-order valence-corrected chi connectivity index (χ2v) is 5.41. The SMILES string of the molecule is CC(C)N(C(=O)Cn1cnc2cccnc21)c1ccccc1. The summed E-state index contributed by atoms with van der Waals surface area (Å²) < 4.78 is 1.79. The molecule has 0 aliphatic heterocycles. The molecule has 2 aromatic heterocycles. The number of hydrogen-bond acceptors (Lipinski definition) is 3. The van der Waals surface area contributed by atoms with Gasteiger partial charge in [0.05, 0.1) is 6.33 Å². The fraction of sp³-hybridized carbons (Fsp3) is 0.235. The van der Waals surface area contributed by atoms with Gasteiger partial charge in [0.2, 0.25) is 5.91 Å². The molecule has 0 atom stereocenters. The van der Waals surface area contributed by atoms with E-state index in [-0.39, 0.29) is 18.5 Å². The summed E-state index contributed by atoms with van der Waals surface area (Å²) in [6, 6.07) is 13.5. The van der Waals surface area contributed by atoms with Crippen LogP contribution in [0.1, 0.15) is 13.8 Å². The van der Waals surface area contributed by atoms with Gasteiger partial charge in [-0.2, -0.15) is 0 Å². The molecule has 0 spiro atoms. The van der Waals surface area contributed by atoms with Crippen LogP contribution in [0.4, 0.5) is 5.69 Å². The molecule has 5 nitrogen and oxygen atoms in total. The van der Waals surface area contributed by atoms with Crippen molar-refractivity contribution in [2.75, 3.05) is 4.90 Å². The Morgan fingerprint density at radius 1 is 1.14 bits per heavy atom. The normalized spacial score (nSPS) is 11.0. The molecule has 22 heavy (non-hydrogen) atoms. The van der Waals surface area contributed by atoms with E-state index < -0.39 is 0 Å². The van der Waals surface area contributed by atoms with E-state index in [1.807, 2.05) is 56.3 Å². The number of carbonyl (C=O) groups excluding carboxylic acids is 1. The van der Waals surface area contributed by atoms with Gasteiger partial charge in [0.1, 0.15) is 12.1 Å². The summed E-state index contributed by atoms with van der Waals surface area (Å²) in [5.41, 5.74) is 2.43. The van der Waals surface area contributed by atoms with Crippen LogP contribution < -0.4 is 4.90 Å². The van der Waals surface area contributed by atoms with Crippen LogP contribution in [0.25, 0.3) is 11.2 Å². The van der Waals surface area contributed by atoms with Crippen molar-refractivity contribution in [3.05, 3.63) is 55.0 Å². The molecule has 0 aliphatic carbocycles. The third-order valence-corrected chi connectivity index (χ3v) is 3.50. The lowest BCUT2D eigenvalue weighted by atomic mass is 10.2. The Morgan fingerprint density at radius 3 is 2.64 bits per heavy atom. The summed E-state index contributed by atoms with van der Waals surface area (Å²) in [5.74, 6) is 0.0196. The van der Waals surface area contributed by atoms with E-state index >= 15 is 0 Å². The van der Waals surface area contributed by atoms with E-state index in [2.05, 4.69) is 9.97 Å². The van der Waals surface area contributed by atoms with E-state index in [1.54, 1.807) is 22.0 Å². The van der Waals surface area contributed by atoms with E-state index in [0.717, 1.165) is 16.9 Å². The highest BCUT2D eigenvalue weighted by Gasteiger charge is 2.20. The van der Waals surface area contributed by atoms with Crippen molar-refractivity contribution in [2.45, 2.75) is 26.4 Å². The summed E-state index contributed by atoms with van der Waals surface area (Å²) in [4.78, 5) is 23.1. The molecule has 112 valence electrons. The van der Waals surface area contributed by atoms with E-state index in [9.17, 15) is 4.79 Å². The van der Waals surface area contributed by atoms with Crippen LogP contribution in [0.5, 0.6) is 0 Å². The smallest absolute Gasteiger partial charge is 0.247 e. The number of anilines is 1.